The summed E-state index contributed by atoms with van der Waals surface area (Å²) >= 11 is 0. The van der Waals surface area contributed by atoms with E-state index in [-0.39, 0.29) is 17.5 Å². The van der Waals surface area contributed by atoms with Crippen molar-refractivity contribution in [3.63, 3.8) is 0 Å². The molecule has 1 atom stereocenters. The number of likely N-dealkylation sites (N-methyl/N-ethyl adjacent to an activating group) is 1. The van der Waals surface area contributed by atoms with Crippen molar-refractivity contribution in [2.75, 3.05) is 13.6 Å². The van der Waals surface area contributed by atoms with Crippen molar-refractivity contribution in [2.24, 2.45) is 0 Å². The van der Waals surface area contributed by atoms with Gasteiger partial charge in [-0.25, -0.2) is 0 Å². The molecule has 1 aliphatic heterocycles. The molecule has 1 fully saturated rings. The van der Waals surface area contributed by atoms with Gasteiger partial charge >= 0.3 is 0 Å². The molecule has 3 heteroatoms. The third-order valence-electron chi connectivity index (χ3n) is 2.32. The number of likely N-dealkylation sites (tertiary alicyclic amines) is 1. The first-order valence-corrected chi connectivity index (χ1v) is 4.92. The number of rotatable bonds is 1. The third-order valence-corrected chi connectivity index (χ3v) is 2.32. The number of hydrogen-bond donors (Lipinski definition) is 1. The minimum absolute atomic E-state index is 0.0965. The highest BCUT2D eigenvalue weighted by Gasteiger charge is 2.29. The summed E-state index contributed by atoms with van der Waals surface area (Å²) in [6.45, 7) is 7.09. The molecule has 0 radical (unpaired) electrons. The van der Waals surface area contributed by atoms with E-state index < -0.39 is 0 Å². The van der Waals surface area contributed by atoms with Gasteiger partial charge in [0.15, 0.2) is 0 Å². The number of nitrogens with zero attached hydrogens (tertiary/aromatic N) is 1. The van der Waals surface area contributed by atoms with Crippen LogP contribution in [-0.4, -0.2) is 36.0 Å². The number of hydrogen-bond acceptors (Lipinski definition) is 2. The van der Waals surface area contributed by atoms with Gasteiger partial charge in [-0.1, -0.05) is 0 Å². The molecule has 1 N–H and O–H groups in total. The second-order valence-electron chi connectivity index (χ2n) is 4.88. The Balaban J connectivity index is 2.48. The van der Waals surface area contributed by atoms with Gasteiger partial charge in [-0.2, -0.15) is 0 Å². The van der Waals surface area contributed by atoms with E-state index in [2.05, 4.69) is 10.2 Å². The van der Waals surface area contributed by atoms with Crippen molar-refractivity contribution in [1.82, 2.24) is 10.2 Å². The van der Waals surface area contributed by atoms with Crippen molar-refractivity contribution >= 4 is 5.91 Å². The molecule has 1 aliphatic rings. The summed E-state index contributed by atoms with van der Waals surface area (Å²) in [7, 11) is 2.01. The average molecular weight is 184 g/mol. The van der Waals surface area contributed by atoms with Crippen LogP contribution in [0.3, 0.4) is 0 Å². The van der Waals surface area contributed by atoms with Crippen molar-refractivity contribution in [3.8, 4) is 0 Å². The molecule has 0 aliphatic carbocycles. The minimum atomic E-state index is -0.111. The van der Waals surface area contributed by atoms with Gasteiger partial charge in [-0.3, -0.25) is 9.69 Å². The molecule has 0 bridgehead atoms. The molecule has 0 aromatic carbocycles. The van der Waals surface area contributed by atoms with Crippen LogP contribution in [0.5, 0.6) is 0 Å². The van der Waals surface area contributed by atoms with Crippen LogP contribution in [0.1, 0.15) is 33.6 Å². The van der Waals surface area contributed by atoms with Gasteiger partial charge in [0.05, 0.1) is 6.04 Å². The van der Waals surface area contributed by atoms with E-state index >= 15 is 0 Å². The lowest BCUT2D eigenvalue weighted by Gasteiger charge is -2.25. The highest BCUT2D eigenvalue weighted by atomic mass is 16.2. The molecular formula is C10H20N2O. The fourth-order valence-corrected chi connectivity index (χ4v) is 1.69. The summed E-state index contributed by atoms with van der Waals surface area (Å²) in [5, 5.41) is 3.01. The van der Waals surface area contributed by atoms with Gasteiger partial charge in [0.1, 0.15) is 0 Å². The summed E-state index contributed by atoms with van der Waals surface area (Å²) in [6.07, 6.45) is 2.14. The molecule has 1 rings (SSSR count). The monoisotopic (exact) mass is 184 g/mol. The van der Waals surface area contributed by atoms with Crippen LogP contribution in [0.2, 0.25) is 0 Å². The van der Waals surface area contributed by atoms with Crippen LogP contribution in [0.15, 0.2) is 0 Å². The molecule has 13 heavy (non-hydrogen) atoms. The van der Waals surface area contributed by atoms with Crippen molar-refractivity contribution < 1.29 is 4.79 Å². The van der Waals surface area contributed by atoms with Gasteiger partial charge in [0.2, 0.25) is 5.91 Å². The SMILES string of the molecule is CN1CCC[C@H]1C(=O)NC(C)(C)C. The molecule has 3 nitrogen and oxygen atoms in total. The number of carbonyl (C=O) groups is 1. The lowest BCUT2D eigenvalue weighted by atomic mass is 10.1. The molecule has 0 aromatic rings. The summed E-state index contributed by atoms with van der Waals surface area (Å²) < 4.78 is 0. The van der Waals surface area contributed by atoms with E-state index in [9.17, 15) is 4.79 Å². The second-order valence-corrected chi connectivity index (χ2v) is 4.88. The predicted octanol–water partition coefficient (Wildman–Crippen LogP) is 0.995. The van der Waals surface area contributed by atoms with E-state index in [1.807, 2.05) is 27.8 Å². The first kappa shape index (κ1) is 10.5. The Morgan fingerprint density at radius 3 is 2.46 bits per heavy atom. The molecule has 0 saturated carbocycles. The number of carbonyl (C=O) groups excluding carboxylic acids is 1. The van der Waals surface area contributed by atoms with E-state index in [0.29, 0.717) is 0 Å². The molecular weight excluding hydrogens is 164 g/mol. The number of amides is 1. The van der Waals surface area contributed by atoms with Crippen LogP contribution < -0.4 is 5.32 Å². The van der Waals surface area contributed by atoms with Crippen LogP contribution in [0.25, 0.3) is 0 Å². The second kappa shape index (κ2) is 3.66. The molecule has 1 amide bonds. The molecule has 76 valence electrons. The van der Waals surface area contributed by atoms with Crippen LogP contribution in [0, 0.1) is 0 Å². The fourth-order valence-electron chi connectivity index (χ4n) is 1.69. The quantitative estimate of drug-likeness (QED) is 0.659. The van der Waals surface area contributed by atoms with Gasteiger partial charge in [-0.05, 0) is 47.2 Å². The van der Waals surface area contributed by atoms with Gasteiger partial charge < -0.3 is 5.32 Å². The zero-order chi connectivity index (χ0) is 10.1. The van der Waals surface area contributed by atoms with Crippen LogP contribution in [-0.2, 0) is 4.79 Å². The Morgan fingerprint density at radius 1 is 1.46 bits per heavy atom. The standard InChI is InChI=1S/C10H20N2O/c1-10(2,3)11-9(13)8-6-5-7-12(8)4/h8H,5-7H2,1-4H3,(H,11,13)/t8-/m0/s1. The summed E-state index contributed by atoms with van der Waals surface area (Å²) in [5.74, 6) is 0.174. The largest absolute Gasteiger partial charge is 0.350 e. The topological polar surface area (TPSA) is 32.3 Å². The van der Waals surface area contributed by atoms with E-state index in [0.717, 1.165) is 19.4 Å². The maximum atomic E-state index is 11.7. The van der Waals surface area contributed by atoms with Crippen molar-refractivity contribution in [3.05, 3.63) is 0 Å². The first-order valence-electron chi connectivity index (χ1n) is 4.92. The Morgan fingerprint density at radius 2 is 2.08 bits per heavy atom. The lowest BCUT2D eigenvalue weighted by Crippen LogP contribution is -2.49. The summed E-state index contributed by atoms with van der Waals surface area (Å²) in [4.78, 5) is 13.8. The molecule has 1 heterocycles. The number of nitrogens with one attached hydrogen (secondary N) is 1. The molecule has 0 aromatic heterocycles. The summed E-state index contributed by atoms with van der Waals surface area (Å²) in [6, 6.07) is 0.0965. The van der Waals surface area contributed by atoms with Gasteiger partial charge in [0, 0.05) is 5.54 Å². The van der Waals surface area contributed by atoms with Gasteiger partial charge in [-0.15, -0.1) is 0 Å². The first-order chi connectivity index (χ1) is 5.90. The smallest absolute Gasteiger partial charge is 0.237 e. The van der Waals surface area contributed by atoms with E-state index in [4.69, 9.17) is 0 Å². The van der Waals surface area contributed by atoms with Crippen molar-refractivity contribution in [2.45, 2.75) is 45.2 Å². The van der Waals surface area contributed by atoms with Crippen molar-refractivity contribution in [1.29, 1.82) is 0 Å². The Kier molecular flexibility index (Phi) is 2.96. The fraction of sp³-hybridized carbons (Fsp3) is 0.900. The Bertz CT molecular complexity index is 196. The third kappa shape index (κ3) is 2.99. The molecule has 0 spiro atoms. The van der Waals surface area contributed by atoms with E-state index in [1.54, 1.807) is 0 Å². The normalized spacial score (nSPS) is 24.8. The maximum Gasteiger partial charge on any atom is 0.237 e. The molecule has 1 saturated heterocycles. The predicted molar refractivity (Wildman–Crippen MR) is 53.5 cm³/mol. The minimum Gasteiger partial charge on any atom is -0.350 e. The van der Waals surface area contributed by atoms with Crippen LogP contribution in [0.4, 0.5) is 0 Å². The van der Waals surface area contributed by atoms with Gasteiger partial charge in [0.25, 0.3) is 0 Å². The highest BCUT2D eigenvalue weighted by molar-refractivity contribution is 5.82. The Labute approximate surface area is 80.5 Å². The lowest BCUT2D eigenvalue weighted by molar-refractivity contribution is -0.126. The highest BCUT2D eigenvalue weighted by Crippen LogP contribution is 2.15. The average Bonchev–Trinajstić information content (AvgIpc) is 2.30. The molecule has 0 unspecified atom stereocenters. The van der Waals surface area contributed by atoms with E-state index in [1.165, 1.54) is 0 Å². The Hall–Kier alpha value is -0.570. The maximum absolute atomic E-state index is 11.7. The zero-order valence-corrected chi connectivity index (χ0v) is 9.05. The van der Waals surface area contributed by atoms with Crippen LogP contribution >= 0.6 is 0 Å². The zero-order valence-electron chi connectivity index (χ0n) is 9.05. The summed E-state index contributed by atoms with van der Waals surface area (Å²) in [5.41, 5.74) is -0.111.